The van der Waals surface area contributed by atoms with Crippen molar-refractivity contribution in [3.63, 3.8) is 0 Å². The topological polar surface area (TPSA) is 49.6 Å². The summed E-state index contributed by atoms with van der Waals surface area (Å²) < 4.78 is 0. The first-order valence-corrected chi connectivity index (χ1v) is 8.77. The minimum atomic E-state index is 0.0300. The molecule has 0 radical (unpaired) electrons. The van der Waals surface area contributed by atoms with E-state index >= 15 is 0 Å². The zero-order valence-corrected chi connectivity index (χ0v) is 14.1. The summed E-state index contributed by atoms with van der Waals surface area (Å²) in [4.78, 5) is 17.4. The summed E-state index contributed by atoms with van der Waals surface area (Å²) >= 11 is 0. The molecular weight excluding hydrogens is 262 g/mol. The average Bonchev–Trinajstić information content (AvgIpc) is 2.48. The molecule has 1 unspecified atom stereocenters. The molecule has 4 heteroatoms. The quantitative estimate of drug-likeness (QED) is 0.865. The van der Waals surface area contributed by atoms with Crippen LogP contribution >= 0.6 is 0 Å². The van der Waals surface area contributed by atoms with Gasteiger partial charge in [-0.15, -0.1) is 0 Å². The van der Waals surface area contributed by atoms with Gasteiger partial charge >= 0.3 is 0 Å². The number of piperidine rings is 1. The van der Waals surface area contributed by atoms with E-state index in [1.165, 1.54) is 32.1 Å². The van der Waals surface area contributed by atoms with Crippen LogP contribution in [-0.4, -0.2) is 54.0 Å². The fourth-order valence-corrected chi connectivity index (χ4v) is 3.95. The Morgan fingerprint density at radius 3 is 2.19 bits per heavy atom. The van der Waals surface area contributed by atoms with E-state index in [0.717, 1.165) is 25.9 Å². The third kappa shape index (κ3) is 4.19. The predicted octanol–water partition coefficient (Wildman–Crippen LogP) is 2.23. The van der Waals surface area contributed by atoms with Gasteiger partial charge in [-0.3, -0.25) is 9.69 Å². The lowest BCUT2D eigenvalue weighted by Gasteiger charge is -2.41. The Hall–Kier alpha value is -0.610. The Morgan fingerprint density at radius 2 is 1.67 bits per heavy atom. The monoisotopic (exact) mass is 295 g/mol. The molecule has 2 N–H and O–H groups in total. The number of hydrogen-bond donors (Lipinski definition) is 1. The minimum absolute atomic E-state index is 0.0300. The third-order valence-corrected chi connectivity index (χ3v) is 5.33. The van der Waals surface area contributed by atoms with Crippen LogP contribution in [0.3, 0.4) is 0 Å². The molecule has 0 aromatic heterocycles. The molecule has 0 aromatic rings. The van der Waals surface area contributed by atoms with Crippen molar-refractivity contribution in [1.82, 2.24) is 9.80 Å². The van der Waals surface area contributed by atoms with Crippen molar-refractivity contribution in [3.8, 4) is 0 Å². The van der Waals surface area contributed by atoms with Crippen molar-refractivity contribution in [2.75, 3.05) is 20.1 Å². The van der Waals surface area contributed by atoms with Crippen molar-refractivity contribution in [2.24, 2.45) is 11.7 Å². The number of nitrogens with zero attached hydrogens (tertiary/aromatic N) is 2. The summed E-state index contributed by atoms with van der Waals surface area (Å²) in [6, 6.07) is 0.896. The first kappa shape index (κ1) is 16.8. The van der Waals surface area contributed by atoms with Gasteiger partial charge in [0.1, 0.15) is 0 Å². The maximum absolute atomic E-state index is 13.0. The highest BCUT2D eigenvalue weighted by atomic mass is 16.2. The number of amides is 1. The Kier molecular flexibility index (Phi) is 6.06. The fourth-order valence-electron chi connectivity index (χ4n) is 3.95. The largest absolute Gasteiger partial charge is 0.341 e. The second-order valence-electron chi connectivity index (χ2n) is 7.31. The number of nitrogens with two attached hydrogens (primary N) is 1. The van der Waals surface area contributed by atoms with E-state index in [4.69, 9.17) is 5.73 Å². The smallest absolute Gasteiger partial charge is 0.240 e. The van der Waals surface area contributed by atoms with Gasteiger partial charge in [-0.2, -0.15) is 0 Å². The highest BCUT2D eigenvalue weighted by Crippen LogP contribution is 2.26. The van der Waals surface area contributed by atoms with Gasteiger partial charge in [-0.05, 0) is 38.6 Å². The number of hydrogen-bond acceptors (Lipinski definition) is 3. The highest BCUT2D eigenvalue weighted by molar-refractivity contribution is 5.82. The molecule has 1 aliphatic carbocycles. The molecule has 2 fully saturated rings. The average molecular weight is 295 g/mol. The van der Waals surface area contributed by atoms with E-state index in [1.807, 2.05) is 4.90 Å². The molecule has 1 amide bonds. The molecule has 4 nitrogen and oxygen atoms in total. The molecule has 1 heterocycles. The summed E-state index contributed by atoms with van der Waals surface area (Å²) in [6.45, 7) is 6.03. The van der Waals surface area contributed by atoms with Crippen LogP contribution < -0.4 is 5.73 Å². The Labute approximate surface area is 130 Å². The molecule has 0 spiro atoms. The molecule has 1 saturated heterocycles. The number of carbonyl (C=O) groups is 1. The van der Waals surface area contributed by atoms with E-state index in [0.29, 0.717) is 17.9 Å². The van der Waals surface area contributed by atoms with Crippen LogP contribution in [-0.2, 0) is 4.79 Å². The lowest BCUT2D eigenvalue weighted by Crippen LogP contribution is -2.55. The van der Waals surface area contributed by atoms with Crippen LogP contribution in [0.25, 0.3) is 0 Å². The number of rotatable bonds is 4. The zero-order valence-electron chi connectivity index (χ0n) is 14.1. The number of likely N-dealkylation sites (N-methyl/N-ethyl adjacent to an activating group) is 1. The lowest BCUT2D eigenvalue weighted by molar-refractivity contribution is -0.140. The summed E-state index contributed by atoms with van der Waals surface area (Å²) in [7, 11) is 2.16. The number of likely N-dealkylation sites (tertiary alicyclic amines) is 1. The minimum Gasteiger partial charge on any atom is -0.341 e. The van der Waals surface area contributed by atoms with Gasteiger partial charge in [0.2, 0.25) is 5.91 Å². The van der Waals surface area contributed by atoms with E-state index < -0.39 is 0 Å². The number of carbonyl (C=O) groups excluding carboxylic acids is 1. The molecule has 21 heavy (non-hydrogen) atoms. The van der Waals surface area contributed by atoms with Gasteiger partial charge < -0.3 is 10.6 Å². The normalized spacial score (nSPS) is 23.8. The maximum atomic E-state index is 13.0. The molecule has 122 valence electrons. The van der Waals surface area contributed by atoms with Crippen LogP contribution in [0.5, 0.6) is 0 Å². The summed E-state index contributed by atoms with van der Waals surface area (Å²) in [5.41, 5.74) is 5.96. The molecule has 1 aliphatic heterocycles. The second kappa shape index (κ2) is 7.59. The molecule has 2 rings (SSSR count). The molecule has 1 saturated carbocycles. The first-order valence-electron chi connectivity index (χ1n) is 8.77. The van der Waals surface area contributed by atoms with Gasteiger partial charge in [-0.25, -0.2) is 0 Å². The van der Waals surface area contributed by atoms with E-state index in [9.17, 15) is 4.79 Å². The highest BCUT2D eigenvalue weighted by Gasteiger charge is 2.35. The van der Waals surface area contributed by atoms with E-state index in [-0.39, 0.29) is 12.1 Å². The van der Waals surface area contributed by atoms with Gasteiger partial charge in [0.15, 0.2) is 0 Å². The van der Waals surface area contributed by atoms with E-state index in [1.54, 1.807) is 0 Å². The molecule has 0 bridgehead atoms. The van der Waals surface area contributed by atoms with Gasteiger partial charge in [0.05, 0.1) is 6.04 Å². The SMILES string of the molecule is CC(C)C(C(=O)N1CCC(N)CC1)N(C)C1CCCCC1. The van der Waals surface area contributed by atoms with E-state index in [2.05, 4.69) is 25.8 Å². The van der Waals surface area contributed by atoms with Crippen LogP contribution in [0.1, 0.15) is 58.8 Å². The maximum Gasteiger partial charge on any atom is 0.240 e. The van der Waals surface area contributed by atoms with Crippen LogP contribution in [0.4, 0.5) is 0 Å². The Balaban J connectivity index is 2.01. The van der Waals surface area contributed by atoms with Gasteiger partial charge in [0, 0.05) is 25.2 Å². The predicted molar refractivity (Wildman–Crippen MR) is 87.1 cm³/mol. The van der Waals surface area contributed by atoms with Crippen molar-refractivity contribution < 1.29 is 4.79 Å². The zero-order chi connectivity index (χ0) is 15.4. The molecule has 1 atom stereocenters. The molecule has 2 aliphatic rings. The van der Waals surface area contributed by atoms with Crippen LogP contribution in [0, 0.1) is 5.92 Å². The first-order chi connectivity index (χ1) is 10.0. The Morgan fingerprint density at radius 1 is 1.10 bits per heavy atom. The van der Waals surface area contributed by atoms with Crippen LogP contribution in [0.15, 0.2) is 0 Å². The lowest BCUT2D eigenvalue weighted by atomic mass is 9.91. The third-order valence-electron chi connectivity index (χ3n) is 5.33. The van der Waals surface area contributed by atoms with Crippen molar-refractivity contribution in [3.05, 3.63) is 0 Å². The molecule has 0 aromatic carbocycles. The summed E-state index contributed by atoms with van der Waals surface area (Å²) in [5.74, 6) is 0.685. The van der Waals surface area contributed by atoms with Crippen molar-refractivity contribution >= 4 is 5.91 Å². The second-order valence-corrected chi connectivity index (χ2v) is 7.31. The fraction of sp³-hybridized carbons (Fsp3) is 0.941. The van der Waals surface area contributed by atoms with Crippen molar-refractivity contribution in [1.29, 1.82) is 0 Å². The van der Waals surface area contributed by atoms with Crippen molar-refractivity contribution in [2.45, 2.75) is 76.9 Å². The van der Waals surface area contributed by atoms with Gasteiger partial charge in [-0.1, -0.05) is 33.1 Å². The Bertz CT molecular complexity index is 331. The standard InChI is InChI=1S/C17H33N3O/c1-13(2)16(19(3)15-7-5-4-6-8-15)17(21)20-11-9-14(18)10-12-20/h13-16H,4-12,18H2,1-3H3. The van der Waals surface area contributed by atoms with Gasteiger partial charge in [0.25, 0.3) is 0 Å². The summed E-state index contributed by atoms with van der Waals surface area (Å²) in [5, 5.41) is 0. The molecular formula is C17H33N3O. The summed E-state index contributed by atoms with van der Waals surface area (Å²) in [6.07, 6.45) is 8.37. The van der Waals surface area contributed by atoms with Crippen LogP contribution in [0.2, 0.25) is 0 Å².